The number of ether oxygens (including phenoxy) is 1. The Morgan fingerprint density at radius 3 is 2.54 bits per heavy atom. The summed E-state index contributed by atoms with van der Waals surface area (Å²) < 4.78 is 19.6. The number of Topliss-reactive ketones (excluding diaryl/α,β-unsaturated/α-hetero) is 1. The number of anilines is 1. The topological polar surface area (TPSA) is 92.6 Å². The average molecular weight is 530 g/mol. The Labute approximate surface area is 212 Å². The number of halogens is 3. The average Bonchev–Trinajstić information content (AvgIpc) is 3.37. The minimum Gasteiger partial charge on any atom is -0.507 e. The SMILES string of the molecule is COc1ccc(/C(O)=C2\C(=O)C(=O)N(c3nc4cc(Cl)c(F)cc4s3)C2c2ccncc2)cc1Cl. The van der Waals surface area contributed by atoms with Gasteiger partial charge in [-0.3, -0.25) is 19.5 Å². The van der Waals surface area contributed by atoms with Gasteiger partial charge in [-0.2, -0.15) is 0 Å². The van der Waals surface area contributed by atoms with Gasteiger partial charge in [-0.15, -0.1) is 0 Å². The third kappa shape index (κ3) is 3.91. The van der Waals surface area contributed by atoms with E-state index in [4.69, 9.17) is 27.9 Å². The van der Waals surface area contributed by atoms with Crippen molar-refractivity contribution < 1.29 is 23.8 Å². The van der Waals surface area contributed by atoms with Crippen molar-refractivity contribution in [3.05, 3.63) is 87.4 Å². The van der Waals surface area contributed by atoms with Crippen LogP contribution in [0.2, 0.25) is 10.0 Å². The maximum atomic E-state index is 14.0. The molecule has 0 radical (unpaired) electrons. The molecular weight excluding hydrogens is 516 g/mol. The summed E-state index contributed by atoms with van der Waals surface area (Å²) in [5.41, 5.74) is 0.967. The van der Waals surface area contributed by atoms with Gasteiger partial charge in [0.1, 0.15) is 17.3 Å². The molecule has 1 amide bonds. The number of carbonyl (C=O) groups is 2. The molecule has 1 aliphatic rings. The number of fused-ring (bicyclic) bond motifs is 1. The summed E-state index contributed by atoms with van der Waals surface area (Å²) in [5, 5.41) is 11.4. The quantitative estimate of drug-likeness (QED) is 0.205. The molecule has 0 aliphatic carbocycles. The van der Waals surface area contributed by atoms with Gasteiger partial charge in [-0.25, -0.2) is 9.37 Å². The van der Waals surface area contributed by atoms with Crippen molar-refractivity contribution in [3.8, 4) is 5.75 Å². The molecule has 0 spiro atoms. The van der Waals surface area contributed by atoms with Crippen LogP contribution < -0.4 is 9.64 Å². The van der Waals surface area contributed by atoms with Crippen LogP contribution in [0, 0.1) is 5.82 Å². The number of hydrogen-bond acceptors (Lipinski definition) is 7. The normalized spacial score (nSPS) is 17.4. The van der Waals surface area contributed by atoms with E-state index in [1.807, 2.05) is 0 Å². The predicted molar refractivity (Wildman–Crippen MR) is 132 cm³/mol. The standard InChI is InChI=1S/C24H14Cl2FN3O4S/c1-34-17-3-2-12(8-14(17)26)21(31)19-20(11-4-6-28-7-5-11)30(23(33)22(19)32)24-29-16-9-13(25)15(27)10-18(16)35-24/h2-10,20,31H,1H3/b21-19+. The zero-order valence-electron chi connectivity index (χ0n) is 17.8. The molecule has 1 atom stereocenters. The van der Waals surface area contributed by atoms with Crippen molar-refractivity contribution in [2.45, 2.75) is 6.04 Å². The molecule has 35 heavy (non-hydrogen) atoms. The molecule has 2 aromatic heterocycles. The second-order valence-electron chi connectivity index (χ2n) is 7.53. The molecule has 1 aliphatic heterocycles. The van der Waals surface area contributed by atoms with Gasteiger partial charge < -0.3 is 9.84 Å². The van der Waals surface area contributed by atoms with Gasteiger partial charge >= 0.3 is 5.91 Å². The highest BCUT2D eigenvalue weighted by atomic mass is 35.5. The summed E-state index contributed by atoms with van der Waals surface area (Å²) >= 11 is 13.1. The van der Waals surface area contributed by atoms with E-state index >= 15 is 0 Å². The molecular formula is C24H14Cl2FN3O4S. The number of aliphatic hydroxyl groups is 1. The molecule has 1 unspecified atom stereocenters. The summed E-state index contributed by atoms with van der Waals surface area (Å²) in [7, 11) is 1.45. The van der Waals surface area contributed by atoms with E-state index in [0.29, 0.717) is 21.5 Å². The molecule has 5 rings (SSSR count). The van der Waals surface area contributed by atoms with Gasteiger partial charge in [0.25, 0.3) is 5.78 Å². The molecule has 7 nitrogen and oxygen atoms in total. The molecule has 2 aromatic carbocycles. The highest BCUT2D eigenvalue weighted by Crippen LogP contribution is 2.45. The number of ketones is 1. The number of methoxy groups -OCH3 is 1. The van der Waals surface area contributed by atoms with Crippen molar-refractivity contribution in [1.29, 1.82) is 0 Å². The Balaban J connectivity index is 1.71. The number of thiazole rings is 1. The van der Waals surface area contributed by atoms with Crippen LogP contribution in [0.15, 0.2) is 60.4 Å². The van der Waals surface area contributed by atoms with Crippen molar-refractivity contribution in [3.63, 3.8) is 0 Å². The van der Waals surface area contributed by atoms with Gasteiger partial charge in [0, 0.05) is 18.0 Å². The monoisotopic (exact) mass is 529 g/mol. The fourth-order valence-electron chi connectivity index (χ4n) is 3.87. The lowest BCUT2D eigenvalue weighted by atomic mass is 9.96. The van der Waals surface area contributed by atoms with Crippen LogP contribution in [0.1, 0.15) is 17.2 Å². The number of hydrogen-bond donors (Lipinski definition) is 1. The van der Waals surface area contributed by atoms with E-state index in [9.17, 15) is 19.1 Å². The molecule has 0 bridgehead atoms. The first-order valence-corrected chi connectivity index (χ1v) is 11.7. The number of nitrogens with zero attached hydrogens (tertiary/aromatic N) is 3. The Bertz CT molecular complexity index is 1500. The maximum absolute atomic E-state index is 14.0. The molecule has 1 saturated heterocycles. The first-order chi connectivity index (χ1) is 16.8. The molecule has 4 aromatic rings. The summed E-state index contributed by atoms with van der Waals surface area (Å²) in [6.07, 6.45) is 3.01. The molecule has 176 valence electrons. The van der Waals surface area contributed by atoms with Gasteiger partial charge in [-0.1, -0.05) is 34.5 Å². The predicted octanol–water partition coefficient (Wildman–Crippen LogP) is 5.77. The van der Waals surface area contributed by atoms with Crippen LogP contribution in [0.3, 0.4) is 0 Å². The summed E-state index contributed by atoms with van der Waals surface area (Å²) in [5.74, 6) is -2.45. The molecule has 3 heterocycles. The first kappa shape index (κ1) is 23.2. The van der Waals surface area contributed by atoms with Crippen LogP contribution >= 0.6 is 34.5 Å². The van der Waals surface area contributed by atoms with Gasteiger partial charge in [0.15, 0.2) is 5.13 Å². The number of benzene rings is 2. The highest BCUT2D eigenvalue weighted by Gasteiger charge is 2.48. The van der Waals surface area contributed by atoms with Crippen LogP contribution in [-0.4, -0.2) is 33.9 Å². The fraction of sp³-hybridized carbons (Fsp3) is 0.0833. The van der Waals surface area contributed by atoms with Crippen molar-refractivity contribution in [1.82, 2.24) is 9.97 Å². The number of pyridine rings is 1. The fourth-order valence-corrected chi connectivity index (χ4v) is 5.29. The second kappa shape index (κ2) is 8.92. The number of aliphatic hydroxyl groups excluding tert-OH is 1. The van der Waals surface area contributed by atoms with Gasteiger partial charge in [0.05, 0.1) is 39.0 Å². The van der Waals surface area contributed by atoms with Gasteiger partial charge in [0.2, 0.25) is 0 Å². The molecule has 1 fully saturated rings. The smallest absolute Gasteiger partial charge is 0.301 e. The zero-order chi connectivity index (χ0) is 24.9. The zero-order valence-corrected chi connectivity index (χ0v) is 20.2. The minimum atomic E-state index is -1.01. The minimum absolute atomic E-state index is 0.113. The van der Waals surface area contributed by atoms with E-state index in [1.165, 1.54) is 48.7 Å². The Morgan fingerprint density at radius 2 is 1.86 bits per heavy atom. The Morgan fingerprint density at radius 1 is 1.11 bits per heavy atom. The Hall–Kier alpha value is -3.53. The lowest BCUT2D eigenvalue weighted by Crippen LogP contribution is -2.29. The molecule has 0 saturated carbocycles. The van der Waals surface area contributed by atoms with Crippen molar-refractivity contribution in [2.75, 3.05) is 12.0 Å². The van der Waals surface area contributed by atoms with Gasteiger partial charge in [-0.05, 0) is 48.0 Å². The summed E-state index contributed by atoms with van der Waals surface area (Å²) in [6, 6.07) is 9.32. The van der Waals surface area contributed by atoms with Crippen molar-refractivity contribution in [2.24, 2.45) is 0 Å². The summed E-state index contributed by atoms with van der Waals surface area (Å²) in [6.45, 7) is 0. The number of amides is 1. The number of aromatic nitrogens is 2. The third-order valence-corrected chi connectivity index (χ3v) is 7.12. The Kier molecular flexibility index (Phi) is 5.92. The largest absolute Gasteiger partial charge is 0.507 e. The van der Waals surface area contributed by atoms with E-state index in [2.05, 4.69) is 9.97 Å². The van der Waals surface area contributed by atoms with E-state index in [1.54, 1.807) is 18.2 Å². The third-order valence-electron chi connectivity index (χ3n) is 5.52. The van der Waals surface area contributed by atoms with E-state index < -0.39 is 29.3 Å². The van der Waals surface area contributed by atoms with Crippen LogP contribution in [0.4, 0.5) is 9.52 Å². The van der Waals surface area contributed by atoms with Crippen LogP contribution in [0.25, 0.3) is 16.0 Å². The lowest BCUT2D eigenvalue weighted by Gasteiger charge is -2.22. The number of rotatable bonds is 4. The first-order valence-electron chi connectivity index (χ1n) is 10.1. The second-order valence-corrected chi connectivity index (χ2v) is 9.35. The van der Waals surface area contributed by atoms with Crippen molar-refractivity contribution >= 4 is 67.3 Å². The molecule has 11 heteroatoms. The lowest BCUT2D eigenvalue weighted by molar-refractivity contribution is -0.132. The van der Waals surface area contributed by atoms with E-state index in [0.717, 1.165) is 11.3 Å². The maximum Gasteiger partial charge on any atom is 0.301 e. The number of carbonyl (C=O) groups excluding carboxylic acids is 2. The van der Waals surface area contributed by atoms with E-state index in [-0.39, 0.29) is 26.3 Å². The van der Waals surface area contributed by atoms with Crippen LogP contribution in [0.5, 0.6) is 5.75 Å². The highest BCUT2D eigenvalue weighted by molar-refractivity contribution is 7.22. The van der Waals surface area contributed by atoms with Crippen LogP contribution in [-0.2, 0) is 9.59 Å². The molecule has 1 N–H and O–H groups in total. The summed E-state index contributed by atoms with van der Waals surface area (Å²) in [4.78, 5) is 36.1.